The average molecular weight is 1800 g/mol. The molecule has 0 aliphatic carbocycles. The Morgan fingerprint density at radius 3 is 0.717 bits per heavy atom. The fourth-order valence-corrected chi connectivity index (χ4v) is 24.2. The molecule has 138 heavy (non-hydrogen) atoms. The number of aryl methyl sites for hydroxylation is 17. The van der Waals surface area contributed by atoms with Crippen molar-refractivity contribution >= 4 is 87.2 Å². The van der Waals surface area contributed by atoms with Crippen LogP contribution < -0.4 is 0 Å². The molecule has 0 amide bonds. The Morgan fingerprint density at radius 2 is 0.428 bits per heavy atom. The van der Waals surface area contributed by atoms with Crippen molar-refractivity contribution in [1.82, 2.24) is 18.3 Å². The Morgan fingerprint density at radius 1 is 0.196 bits per heavy atom. The normalized spacial score (nSPS) is 11.8. The van der Waals surface area contributed by atoms with Crippen molar-refractivity contribution in [3.8, 4) is 124 Å². The van der Waals surface area contributed by atoms with E-state index in [9.17, 15) is 10.5 Å². The minimum absolute atomic E-state index is 0.175. The van der Waals surface area contributed by atoms with E-state index in [0.29, 0.717) is 33.9 Å². The second kappa shape index (κ2) is 33.2. The Labute approximate surface area is 801 Å². The molecule has 0 unspecified atom stereocenters. The van der Waals surface area contributed by atoms with Crippen LogP contribution in [0.3, 0.4) is 0 Å². The summed E-state index contributed by atoms with van der Waals surface area (Å²) in [5.41, 5.74) is 41.4. The molecule has 10 heteroatoms. The van der Waals surface area contributed by atoms with Gasteiger partial charge in [-0.2, -0.15) is 10.5 Å². The molecular weight excluding hydrogens is 1700 g/mol. The van der Waals surface area contributed by atoms with Gasteiger partial charge in [0.15, 0.2) is 0 Å². The molecule has 22 aromatic rings. The van der Waals surface area contributed by atoms with E-state index in [1.165, 1.54) is 41.5 Å². The molecule has 0 radical (unpaired) electrons. The van der Waals surface area contributed by atoms with Gasteiger partial charge in [0.1, 0.15) is 46.5 Å². The highest BCUT2D eigenvalue weighted by atomic mass is 19.1. The van der Waals surface area contributed by atoms with Gasteiger partial charge in [0.2, 0.25) is 0 Å². The fraction of sp³-hybridized carbons (Fsp3) is 0.141. The highest BCUT2D eigenvalue weighted by molar-refractivity contribution is 6.16. The van der Waals surface area contributed by atoms with Gasteiger partial charge in [0, 0.05) is 43.1 Å². The summed E-state index contributed by atoms with van der Waals surface area (Å²) in [4.78, 5) is 0. The molecule has 22 rings (SSSR count). The van der Waals surface area contributed by atoms with Crippen molar-refractivity contribution in [2.24, 2.45) is 0 Å². The monoisotopic (exact) mass is 1800 g/mol. The number of benzene rings is 18. The molecule has 0 aliphatic heterocycles. The quantitative estimate of drug-likeness (QED) is 0.102. The first-order valence-corrected chi connectivity index (χ1v) is 47.3. The minimum atomic E-state index is -0.760. The Hall–Kier alpha value is -16.1. The van der Waals surface area contributed by atoms with Crippen LogP contribution in [0.2, 0.25) is 0 Å². The Bertz CT molecular complexity index is 8720. The summed E-state index contributed by atoms with van der Waals surface area (Å²) in [5, 5.41) is 32.2. The lowest BCUT2D eigenvalue weighted by Crippen LogP contribution is -2.06. The van der Waals surface area contributed by atoms with Crippen LogP contribution in [0.4, 0.5) is 17.6 Å². The van der Waals surface area contributed by atoms with Gasteiger partial charge in [0.25, 0.3) is 0 Å². The summed E-state index contributed by atoms with van der Waals surface area (Å²) >= 11 is 0. The van der Waals surface area contributed by atoms with Gasteiger partial charge < -0.3 is 18.3 Å². The molecule has 0 saturated heterocycles. The van der Waals surface area contributed by atoms with Crippen LogP contribution in [0.5, 0.6) is 0 Å². The highest BCUT2D eigenvalue weighted by Crippen LogP contribution is 2.50. The number of nitrogens with zero attached hydrogens (tertiary/aromatic N) is 6. The van der Waals surface area contributed by atoms with Gasteiger partial charge in [-0.05, 0) is 389 Å². The van der Waals surface area contributed by atoms with Gasteiger partial charge in [-0.15, -0.1) is 0 Å². The van der Waals surface area contributed by atoms with Crippen molar-refractivity contribution in [3.05, 3.63) is 425 Å². The predicted molar refractivity (Wildman–Crippen MR) is 566 cm³/mol. The number of hydrogen-bond acceptors (Lipinski definition) is 2. The predicted octanol–water partition coefficient (Wildman–Crippen LogP) is 34.5. The molecule has 6 nitrogen and oxygen atoms in total. The van der Waals surface area contributed by atoms with Gasteiger partial charge in [0.05, 0.1) is 78.0 Å². The molecule has 670 valence electrons. The van der Waals surface area contributed by atoms with Crippen LogP contribution in [-0.2, 0) is 6.42 Å². The summed E-state index contributed by atoms with van der Waals surface area (Å²) in [6.45, 7) is 36.1. The topological polar surface area (TPSA) is 67.3 Å². The number of nitriles is 2. The standard InChI is InChI=1S/C128H100F4N6/c1-68-41-73(6)121(74(7)42-68)87-33-39-111-101(56-87)95-23-18-20-27-109(95)135(111)117-64-94(65-118(103(117)66-133)136-110-28-21-19-24-96(110)102-57-88(34-40-112(102)136)122-75(8)43-69(2)44-76(122)9)128-107(131)54-86(55-108(128)132)53-85-51-83(16)126(84(17)52-85)92-32-38-100-99-37-31-91(125-81(14)49-72(5)50-82(125)15)60-115(99)138(116(100)61-92)120-63-93(127-105(129)25-22-26-106(127)130)62-119(104(120)67-134)137-113-58-89(123-77(10)45-70(3)46-78(123)11)29-35-97(113)98-36-30-90(59-114(98)137)124-79(12)47-71(4)48-80(124)13/h18-52,54-65H,53H2,1-17H3. The maximum Gasteiger partial charge on any atom is 0.134 e. The molecule has 0 N–H and O–H groups in total. The number of halogens is 4. The summed E-state index contributed by atoms with van der Waals surface area (Å²) in [5.74, 6) is -3.03. The van der Waals surface area contributed by atoms with E-state index >= 15 is 17.6 Å². The van der Waals surface area contributed by atoms with Gasteiger partial charge in [-0.1, -0.05) is 204 Å². The van der Waals surface area contributed by atoms with Crippen molar-refractivity contribution < 1.29 is 17.6 Å². The van der Waals surface area contributed by atoms with Crippen LogP contribution >= 0.6 is 0 Å². The van der Waals surface area contributed by atoms with Gasteiger partial charge in [-0.3, -0.25) is 0 Å². The lowest BCUT2D eigenvalue weighted by molar-refractivity contribution is 0.586. The first-order chi connectivity index (χ1) is 66.4. The smallest absolute Gasteiger partial charge is 0.134 e. The van der Waals surface area contributed by atoms with E-state index in [1.54, 1.807) is 24.3 Å². The average Bonchev–Trinajstić information content (AvgIpc) is 1.55. The number of rotatable bonds is 14. The summed E-state index contributed by atoms with van der Waals surface area (Å²) in [6, 6.07) is 101. The molecular formula is C128H100F4N6. The van der Waals surface area contributed by atoms with E-state index in [-0.39, 0.29) is 34.2 Å². The molecule has 0 spiro atoms. The Kier molecular flexibility index (Phi) is 21.0. The third-order valence-corrected chi connectivity index (χ3v) is 29.0. The zero-order valence-electron chi connectivity index (χ0n) is 80.5. The molecule has 4 heterocycles. The largest absolute Gasteiger partial charge is 0.308 e. The highest BCUT2D eigenvalue weighted by Gasteiger charge is 2.31. The lowest BCUT2D eigenvalue weighted by Gasteiger charge is -2.20. The van der Waals surface area contributed by atoms with Crippen molar-refractivity contribution in [3.63, 3.8) is 0 Å². The number of aromatic nitrogens is 4. The van der Waals surface area contributed by atoms with Gasteiger partial charge in [-0.25, -0.2) is 17.6 Å². The van der Waals surface area contributed by atoms with Crippen LogP contribution in [-0.4, -0.2) is 18.3 Å². The summed E-state index contributed by atoms with van der Waals surface area (Å²) in [6.07, 6.45) is 0.175. The molecule has 0 bridgehead atoms. The zero-order valence-corrected chi connectivity index (χ0v) is 80.5. The third-order valence-electron chi connectivity index (χ3n) is 29.0. The van der Waals surface area contributed by atoms with Crippen molar-refractivity contribution in [2.75, 3.05) is 0 Å². The van der Waals surface area contributed by atoms with Crippen LogP contribution in [0.25, 0.3) is 199 Å². The summed E-state index contributed by atoms with van der Waals surface area (Å²) in [7, 11) is 0. The maximum absolute atomic E-state index is 18.4. The van der Waals surface area contributed by atoms with E-state index in [1.807, 2.05) is 24.3 Å². The number of fused-ring (bicyclic) bond motifs is 12. The van der Waals surface area contributed by atoms with Crippen molar-refractivity contribution in [2.45, 2.75) is 124 Å². The lowest BCUT2D eigenvalue weighted by atomic mass is 9.90. The van der Waals surface area contributed by atoms with Crippen molar-refractivity contribution in [1.29, 1.82) is 10.5 Å². The van der Waals surface area contributed by atoms with E-state index < -0.39 is 23.3 Å². The molecule has 4 aromatic heterocycles. The molecule has 0 atom stereocenters. The SMILES string of the molecule is Cc1cc(C)c(-c2ccc3c(c2)c2ccccc2n3-c2cc(-c3c(F)cc(Cc4cc(C)c(-c5ccc6c7ccc(-c8c(C)cc(C)cc8C)cc7n(-c7cc(-c8c(F)cccc8F)cc(-n8c9cc(-c%10c(C)cc(C)cc%10C)ccc9c9ccc(-c%10c(C)cc(C)cc%10C)cc98)c7C#N)c6c5)c(C)c4)cc3F)cc(-n3c4ccccc4c4cc(-c5c(C)cc(C)cc5C)ccc43)c2C#N)c(C)c1. The first kappa shape index (κ1) is 87.2. The second-order valence-corrected chi connectivity index (χ2v) is 39.0. The Balaban J connectivity index is 0.714. The second-order valence-electron chi connectivity index (χ2n) is 39.0. The molecule has 18 aromatic carbocycles. The third kappa shape index (κ3) is 14.2. The fourth-order valence-electron chi connectivity index (χ4n) is 24.2. The first-order valence-electron chi connectivity index (χ1n) is 47.3. The van der Waals surface area contributed by atoms with E-state index in [0.717, 1.165) is 243 Å². The number of hydrogen-bond donors (Lipinski definition) is 0. The van der Waals surface area contributed by atoms with Crippen LogP contribution in [0, 0.1) is 164 Å². The van der Waals surface area contributed by atoms with Crippen LogP contribution in [0.15, 0.2) is 285 Å². The van der Waals surface area contributed by atoms with Gasteiger partial charge >= 0.3 is 0 Å². The molecule has 0 aliphatic rings. The number of para-hydroxylation sites is 2. The minimum Gasteiger partial charge on any atom is -0.308 e. The van der Waals surface area contributed by atoms with E-state index in [4.69, 9.17) is 0 Å². The zero-order chi connectivity index (χ0) is 95.9. The van der Waals surface area contributed by atoms with Crippen LogP contribution in [0.1, 0.15) is 117 Å². The molecule has 0 saturated carbocycles. The maximum atomic E-state index is 18.4. The summed E-state index contributed by atoms with van der Waals surface area (Å²) < 4.78 is 80.0. The van der Waals surface area contributed by atoms with E-state index in [2.05, 4.69) is 354 Å². The molecule has 0 fully saturated rings.